The van der Waals surface area contributed by atoms with Gasteiger partial charge >= 0.3 is 0 Å². The molecule has 26 heavy (non-hydrogen) atoms. The fourth-order valence-electron chi connectivity index (χ4n) is 2.64. The van der Waals surface area contributed by atoms with Crippen LogP contribution < -0.4 is 5.32 Å². The molecule has 0 bridgehead atoms. The number of carbonyl (C=O) groups excluding carboxylic acids is 1. The summed E-state index contributed by atoms with van der Waals surface area (Å²) in [4.78, 5) is 17.2. The SMILES string of the molecule is CCS(=O)(=O)c1ccc(C(=O)Nc2nc3c(C(C)C)cccc3s2)cc1. The topological polar surface area (TPSA) is 76.1 Å². The molecule has 1 amide bonds. The maximum Gasteiger partial charge on any atom is 0.257 e. The van der Waals surface area contributed by atoms with Gasteiger partial charge in [-0.1, -0.05) is 44.2 Å². The Kier molecular flexibility index (Phi) is 5.11. The van der Waals surface area contributed by atoms with Crippen molar-refractivity contribution in [2.75, 3.05) is 11.1 Å². The second-order valence-corrected chi connectivity index (χ2v) is 9.56. The molecule has 5 nitrogen and oxygen atoms in total. The molecule has 3 aromatic rings. The summed E-state index contributed by atoms with van der Waals surface area (Å²) in [5.41, 5.74) is 2.45. The maximum absolute atomic E-state index is 12.4. The van der Waals surface area contributed by atoms with Crippen molar-refractivity contribution in [1.82, 2.24) is 4.98 Å². The summed E-state index contributed by atoms with van der Waals surface area (Å²) >= 11 is 1.42. The van der Waals surface area contributed by atoms with Crippen molar-refractivity contribution < 1.29 is 13.2 Å². The van der Waals surface area contributed by atoms with Gasteiger partial charge in [0, 0.05) is 5.56 Å². The van der Waals surface area contributed by atoms with Gasteiger partial charge in [0.2, 0.25) is 0 Å². The first kappa shape index (κ1) is 18.5. The lowest BCUT2D eigenvalue weighted by atomic mass is 10.0. The van der Waals surface area contributed by atoms with Crippen molar-refractivity contribution in [2.45, 2.75) is 31.6 Å². The normalized spacial score (nSPS) is 11.8. The third-order valence-electron chi connectivity index (χ3n) is 4.15. The molecule has 7 heteroatoms. The van der Waals surface area contributed by atoms with Crippen LogP contribution in [-0.4, -0.2) is 25.1 Å². The zero-order valence-corrected chi connectivity index (χ0v) is 16.4. The minimum Gasteiger partial charge on any atom is -0.298 e. The molecule has 0 atom stereocenters. The van der Waals surface area contributed by atoms with Gasteiger partial charge in [-0.15, -0.1) is 0 Å². The Labute approximate surface area is 157 Å². The van der Waals surface area contributed by atoms with E-state index in [9.17, 15) is 13.2 Å². The first-order chi connectivity index (χ1) is 12.3. The Balaban J connectivity index is 1.84. The predicted octanol–water partition coefficient (Wildman–Crippen LogP) is 4.47. The van der Waals surface area contributed by atoms with Gasteiger partial charge in [0.1, 0.15) is 0 Å². The van der Waals surface area contributed by atoms with Crippen molar-refractivity contribution in [1.29, 1.82) is 0 Å². The lowest BCUT2D eigenvalue weighted by molar-refractivity contribution is 0.102. The fourth-order valence-corrected chi connectivity index (χ4v) is 4.42. The molecule has 0 radical (unpaired) electrons. The van der Waals surface area contributed by atoms with Crippen LogP contribution >= 0.6 is 11.3 Å². The molecule has 0 unspecified atom stereocenters. The summed E-state index contributed by atoms with van der Waals surface area (Å²) in [6, 6.07) is 12.0. The Morgan fingerprint density at radius 1 is 1.15 bits per heavy atom. The van der Waals surface area contributed by atoms with E-state index in [-0.39, 0.29) is 16.6 Å². The molecular weight excluding hydrogens is 368 g/mol. The third-order valence-corrected chi connectivity index (χ3v) is 6.83. The van der Waals surface area contributed by atoms with Gasteiger partial charge in [-0.25, -0.2) is 13.4 Å². The van der Waals surface area contributed by atoms with E-state index >= 15 is 0 Å². The fraction of sp³-hybridized carbons (Fsp3) is 0.263. The number of sulfone groups is 1. The number of nitrogens with zero attached hydrogens (tertiary/aromatic N) is 1. The Morgan fingerprint density at radius 3 is 2.46 bits per heavy atom. The molecule has 3 rings (SSSR count). The summed E-state index contributed by atoms with van der Waals surface area (Å²) in [6.45, 7) is 5.81. The third kappa shape index (κ3) is 3.64. The van der Waals surface area contributed by atoms with Crippen LogP contribution in [0.25, 0.3) is 10.2 Å². The van der Waals surface area contributed by atoms with Gasteiger partial charge in [-0.2, -0.15) is 0 Å². The van der Waals surface area contributed by atoms with Gasteiger partial charge in [-0.05, 0) is 41.8 Å². The molecule has 136 valence electrons. The molecule has 0 saturated heterocycles. The lowest BCUT2D eigenvalue weighted by Gasteiger charge is -2.05. The van der Waals surface area contributed by atoms with Crippen LogP contribution in [0.4, 0.5) is 5.13 Å². The van der Waals surface area contributed by atoms with E-state index < -0.39 is 9.84 Å². The van der Waals surface area contributed by atoms with Crippen molar-refractivity contribution in [3.05, 3.63) is 53.6 Å². The summed E-state index contributed by atoms with van der Waals surface area (Å²) in [5.74, 6) is 0.0654. The quantitative estimate of drug-likeness (QED) is 0.700. The molecule has 1 heterocycles. The van der Waals surface area contributed by atoms with E-state index in [4.69, 9.17) is 0 Å². The lowest BCUT2D eigenvalue weighted by Crippen LogP contribution is -2.12. The number of hydrogen-bond acceptors (Lipinski definition) is 5. The highest BCUT2D eigenvalue weighted by Gasteiger charge is 2.15. The van der Waals surface area contributed by atoms with Crippen LogP contribution in [-0.2, 0) is 9.84 Å². The number of para-hydroxylation sites is 1. The summed E-state index contributed by atoms with van der Waals surface area (Å²) in [7, 11) is -3.27. The maximum atomic E-state index is 12.4. The molecule has 0 aliphatic carbocycles. The first-order valence-corrected chi connectivity index (χ1v) is 10.8. The van der Waals surface area contributed by atoms with Crippen LogP contribution in [0.1, 0.15) is 42.6 Å². The van der Waals surface area contributed by atoms with E-state index in [0.717, 1.165) is 15.8 Å². The minimum atomic E-state index is -3.27. The average Bonchev–Trinajstić information content (AvgIpc) is 3.03. The van der Waals surface area contributed by atoms with Crippen molar-refractivity contribution in [3.8, 4) is 0 Å². The summed E-state index contributed by atoms with van der Waals surface area (Å²) < 4.78 is 24.7. The van der Waals surface area contributed by atoms with Gasteiger partial charge in [0.25, 0.3) is 5.91 Å². The van der Waals surface area contributed by atoms with Gasteiger partial charge < -0.3 is 0 Å². The van der Waals surface area contributed by atoms with Gasteiger partial charge in [0.15, 0.2) is 15.0 Å². The van der Waals surface area contributed by atoms with Crippen LogP contribution in [0, 0.1) is 0 Å². The Bertz CT molecular complexity index is 1050. The Hall–Kier alpha value is -2.25. The number of hydrogen-bond donors (Lipinski definition) is 1. The molecule has 0 saturated carbocycles. The largest absolute Gasteiger partial charge is 0.298 e. The number of anilines is 1. The van der Waals surface area contributed by atoms with Crippen molar-refractivity contribution >= 4 is 42.4 Å². The highest BCUT2D eigenvalue weighted by molar-refractivity contribution is 7.91. The number of rotatable bonds is 5. The van der Waals surface area contributed by atoms with Crippen molar-refractivity contribution in [2.24, 2.45) is 0 Å². The summed E-state index contributed by atoms with van der Waals surface area (Å²) in [5, 5.41) is 3.34. The number of carbonyl (C=O) groups is 1. The van der Waals surface area contributed by atoms with Crippen LogP contribution in [0.3, 0.4) is 0 Å². The number of aromatic nitrogens is 1. The number of thiazole rings is 1. The van der Waals surface area contributed by atoms with E-state index in [1.807, 2.05) is 18.2 Å². The number of nitrogens with one attached hydrogen (secondary N) is 1. The van der Waals surface area contributed by atoms with E-state index in [1.165, 1.54) is 35.6 Å². The molecular formula is C19H20N2O3S2. The monoisotopic (exact) mass is 388 g/mol. The van der Waals surface area contributed by atoms with Crippen molar-refractivity contribution in [3.63, 3.8) is 0 Å². The standard InChI is InChI=1S/C19H20N2O3S2/c1-4-26(23,24)14-10-8-13(9-11-14)18(22)21-19-20-17-15(12(2)3)6-5-7-16(17)25-19/h5-12H,4H2,1-3H3,(H,20,21,22). The average molecular weight is 389 g/mol. The number of amides is 1. The van der Waals surface area contributed by atoms with Gasteiger partial charge in [-0.3, -0.25) is 10.1 Å². The highest BCUT2D eigenvalue weighted by atomic mass is 32.2. The number of fused-ring (bicyclic) bond motifs is 1. The minimum absolute atomic E-state index is 0.0302. The van der Waals surface area contributed by atoms with Crippen LogP contribution in [0.2, 0.25) is 0 Å². The summed E-state index contributed by atoms with van der Waals surface area (Å²) in [6.07, 6.45) is 0. The van der Waals surface area contributed by atoms with E-state index in [2.05, 4.69) is 24.1 Å². The van der Waals surface area contributed by atoms with E-state index in [1.54, 1.807) is 6.92 Å². The first-order valence-electron chi connectivity index (χ1n) is 8.35. The zero-order valence-electron chi connectivity index (χ0n) is 14.8. The number of benzene rings is 2. The van der Waals surface area contributed by atoms with E-state index in [0.29, 0.717) is 16.6 Å². The second-order valence-electron chi connectivity index (χ2n) is 6.25. The zero-order chi connectivity index (χ0) is 18.9. The van der Waals surface area contributed by atoms with Gasteiger partial charge in [0.05, 0.1) is 20.9 Å². The molecule has 1 aromatic heterocycles. The molecule has 1 N–H and O–H groups in total. The predicted molar refractivity (Wildman–Crippen MR) is 106 cm³/mol. The molecule has 0 fully saturated rings. The second kappa shape index (κ2) is 7.17. The smallest absolute Gasteiger partial charge is 0.257 e. The molecule has 2 aromatic carbocycles. The molecule has 0 aliphatic rings. The molecule has 0 aliphatic heterocycles. The van der Waals surface area contributed by atoms with Crippen LogP contribution in [0.15, 0.2) is 47.4 Å². The van der Waals surface area contributed by atoms with Crippen LogP contribution in [0.5, 0.6) is 0 Å². The Morgan fingerprint density at radius 2 is 1.85 bits per heavy atom. The molecule has 0 spiro atoms. The highest BCUT2D eigenvalue weighted by Crippen LogP contribution is 2.31.